The van der Waals surface area contributed by atoms with E-state index >= 15 is 0 Å². The molecule has 2 atom stereocenters. The molecule has 1 aliphatic heterocycles. The largest absolute Gasteiger partial charge is 0.497 e. The third-order valence-electron chi connectivity index (χ3n) is 5.59. The summed E-state index contributed by atoms with van der Waals surface area (Å²) in [4.78, 5) is 0. The highest BCUT2D eigenvalue weighted by molar-refractivity contribution is 5.40. The number of hydrogen-bond donors (Lipinski definition) is 1. The Morgan fingerprint density at radius 3 is 2.73 bits per heavy atom. The van der Waals surface area contributed by atoms with Crippen molar-refractivity contribution in [2.45, 2.75) is 76.8 Å². The van der Waals surface area contributed by atoms with Crippen molar-refractivity contribution in [1.29, 1.82) is 0 Å². The van der Waals surface area contributed by atoms with Crippen LogP contribution in [-0.4, -0.2) is 13.2 Å². The van der Waals surface area contributed by atoms with Gasteiger partial charge in [0, 0.05) is 12.1 Å². The van der Waals surface area contributed by atoms with Gasteiger partial charge in [-0.3, -0.25) is 0 Å². The zero-order chi connectivity index (χ0) is 15.4. The topological polar surface area (TPSA) is 21.3 Å². The highest BCUT2D eigenvalue weighted by Crippen LogP contribution is 2.40. The standard InChI is InChI=1S/C20H31NO/c1-3-4-10-17-13-16-14-18(22-2)11-12-19(16)20(21-17)15-8-6-5-7-9-15/h11-12,14-15,17,20-21H,3-10,13H2,1-2H3/t17-,20-/m0/s1. The molecular formula is C20H31NO. The van der Waals surface area contributed by atoms with Gasteiger partial charge in [-0.1, -0.05) is 45.1 Å². The molecule has 1 saturated carbocycles. The Hall–Kier alpha value is -1.02. The molecule has 0 saturated heterocycles. The minimum Gasteiger partial charge on any atom is -0.497 e. The molecule has 0 bridgehead atoms. The van der Waals surface area contributed by atoms with Crippen LogP contribution in [0.3, 0.4) is 0 Å². The van der Waals surface area contributed by atoms with E-state index in [2.05, 4.69) is 30.4 Å². The van der Waals surface area contributed by atoms with E-state index in [0.717, 1.165) is 18.1 Å². The fourth-order valence-electron chi connectivity index (χ4n) is 4.35. The molecule has 2 heteroatoms. The summed E-state index contributed by atoms with van der Waals surface area (Å²) in [6.45, 7) is 2.29. The first-order chi connectivity index (χ1) is 10.8. The Balaban J connectivity index is 1.84. The van der Waals surface area contributed by atoms with E-state index in [4.69, 9.17) is 4.74 Å². The lowest BCUT2D eigenvalue weighted by Crippen LogP contribution is -2.43. The van der Waals surface area contributed by atoms with Crippen LogP contribution in [0.2, 0.25) is 0 Å². The number of nitrogens with one attached hydrogen (secondary N) is 1. The Kier molecular flexibility index (Phi) is 5.41. The van der Waals surface area contributed by atoms with E-state index in [1.165, 1.54) is 56.9 Å². The number of rotatable bonds is 5. The van der Waals surface area contributed by atoms with Crippen molar-refractivity contribution in [2.75, 3.05) is 7.11 Å². The van der Waals surface area contributed by atoms with Crippen LogP contribution in [0.5, 0.6) is 5.75 Å². The molecule has 1 aromatic carbocycles. The van der Waals surface area contributed by atoms with Crippen molar-refractivity contribution in [3.8, 4) is 5.75 Å². The Morgan fingerprint density at radius 2 is 2.00 bits per heavy atom. The first-order valence-electron chi connectivity index (χ1n) is 9.24. The Morgan fingerprint density at radius 1 is 1.18 bits per heavy atom. The van der Waals surface area contributed by atoms with Gasteiger partial charge in [0.2, 0.25) is 0 Å². The maximum absolute atomic E-state index is 5.46. The molecule has 0 unspecified atom stereocenters. The molecule has 0 aromatic heterocycles. The second kappa shape index (κ2) is 7.50. The van der Waals surface area contributed by atoms with Gasteiger partial charge in [0.25, 0.3) is 0 Å². The fraction of sp³-hybridized carbons (Fsp3) is 0.700. The van der Waals surface area contributed by atoms with Crippen molar-refractivity contribution in [3.63, 3.8) is 0 Å². The molecule has 22 heavy (non-hydrogen) atoms. The van der Waals surface area contributed by atoms with Crippen LogP contribution in [0.25, 0.3) is 0 Å². The highest BCUT2D eigenvalue weighted by atomic mass is 16.5. The molecule has 1 fully saturated rings. The van der Waals surface area contributed by atoms with Gasteiger partial charge in [0.15, 0.2) is 0 Å². The average Bonchev–Trinajstić information content (AvgIpc) is 2.59. The van der Waals surface area contributed by atoms with Crippen molar-refractivity contribution >= 4 is 0 Å². The number of ether oxygens (including phenoxy) is 1. The predicted octanol–water partition coefficient (Wildman–Crippen LogP) is 5.02. The van der Waals surface area contributed by atoms with Gasteiger partial charge in [-0.15, -0.1) is 0 Å². The van der Waals surface area contributed by atoms with Gasteiger partial charge in [0.05, 0.1) is 7.11 Å². The summed E-state index contributed by atoms with van der Waals surface area (Å²) in [5.74, 6) is 1.84. The molecule has 122 valence electrons. The molecule has 1 aliphatic carbocycles. The summed E-state index contributed by atoms with van der Waals surface area (Å²) in [5.41, 5.74) is 3.07. The molecule has 3 rings (SSSR count). The maximum Gasteiger partial charge on any atom is 0.119 e. The lowest BCUT2D eigenvalue weighted by molar-refractivity contribution is 0.235. The van der Waals surface area contributed by atoms with Gasteiger partial charge < -0.3 is 10.1 Å². The smallest absolute Gasteiger partial charge is 0.119 e. The molecule has 1 heterocycles. The third-order valence-corrected chi connectivity index (χ3v) is 5.59. The Labute approximate surface area is 135 Å². The minimum absolute atomic E-state index is 0.566. The van der Waals surface area contributed by atoms with Crippen LogP contribution < -0.4 is 10.1 Å². The Bertz CT molecular complexity index is 479. The molecule has 1 N–H and O–H groups in total. The van der Waals surface area contributed by atoms with Gasteiger partial charge >= 0.3 is 0 Å². The summed E-state index contributed by atoms with van der Waals surface area (Å²) in [7, 11) is 1.77. The van der Waals surface area contributed by atoms with Crippen LogP contribution >= 0.6 is 0 Å². The molecule has 0 amide bonds. The van der Waals surface area contributed by atoms with E-state index in [1.54, 1.807) is 12.7 Å². The van der Waals surface area contributed by atoms with Crippen LogP contribution in [0.15, 0.2) is 18.2 Å². The minimum atomic E-state index is 0.566. The second-order valence-corrected chi connectivity index (χ2v) is 7.15. The molecule has 2 nitrogen and oxygen atoms in total. The van der Waals surface area contributed by atoms with Crippen LogP contribution in [0.4, 0.5) is 0 Å². The summed E-state index contributed by atoms with van der Waals surface area (Å²) in [6.07, 6.45) is 12.1. The van der Waals surface area contributed by atoms with Crippen LogP contribution in [0.1, 0.15) is 75.5 Å². The summed E-state index contributed by atoms with van der Waals surface area (Å²) >= 11 is 0. The van der Waals surface area contributed by atoms with E-state index in [0.29, 0.717) is 12.1 Å². The highest BCUT2D eigenvalue weighted by Gasteiger charge is 2.32. The average molecular weight is 301 g/mol. The van der Waals surface area contributed by atoms with Crippen molar-refractivity contribution in [2.24, 2.45) is 5.92 Å². The zero-order valence-corrected chi connectivity index (χ0v) is 14.2. The van der Waals surface area contributed by atoms with Crippen molar-refractivity contribution in [1.82, 2.24) is 5.32 Å². The van der Waals surface area contributed by atoms with E-state index in [1.807, 2.05) is 0 Å². The summed E-state index contributed by atoms with van der Waals surface area (Å²) in [6, 6.07) is 7.95. The fourth-order valence-corrected chi connectivity index (χ4v) is 4.35. The van der Waals surface area contributed by atoms with Crippen LogP contribution in [0, 0.1) is 5.92 Å². The summed E-state index contributed by atoms with van der Waals surface area (Å²) < 4.78 is 5.46. The SMILES string of the molecule is CCCC[C@H]1Cc2cc(OC)ccc2[C@H](C2CCCCC2)N1. The molecule has 1 aromatic rings. The zero-order valence-electron chi connectivity index (χ0n) is 14.2. The van der Waals surface area contributed by atoms with Crippen molar-refractivity contribution < 1.29 is 4.74 Å². The molecular weight excluding hydrogens is 270 g/mol. The van der Waals surface area contributed by atoms with Gasteiger partial charge in [-0.05, 0) is 54.9 Å². The van der Waals surface area contributed by atoms with E-state index < -0.39 is 0 Å². The summed E-state index contributed by atoms with van der Waals surface area (Å²) in [5, 5.41) is 4.01. The van der Waals surface area contributed by atoms with E-state index in [-0.39, 0.29) is 0 Å². The number of methoxy groups -OCH3 is 1. The monoisotopic (exact) mass is 301 g/mol. The lowest BCUT2D eigenvalue weighted by Gasteiger charge is -2.39. The molecule has 2 aliphatic rings. The quantitative estimate of drug-likeness (QED) is 0.824. The third kappa shape index (κ3) is 3.48. The molecule has 0 radical (unpaired) electrons. The van der Waals surface area contributed by atoms with Crippen molar-refractivity contribution in [3.05, 3.63) is 29.3 Å². The van der Waals surface area contributed by atoms with Gasteiger partial charge in [-0.25, -0.2) is 0 Å². The van der Waals surface area contributed by atoms with Crippen LogP contribution in [-0.2, 0) is 6.42 Å². The first-order valence-corrected chi connectivity index (χ1v) is 9.24. The molecule has 0 spiro atoms. The number of hydrogen-bond acceptors (Lipinski definition) is 2. The van der Waals surface area contributed by atoms with E-state index in [9.17, 15) is 0 Å². The predicted molar refractivity (Wildman–Crippen MR) is 92.5 cm³/mol. The normalized spacial score (nSPS) is 25.7. The van der Waals surface area contributed by atoms with Gasteiger partial charge in [0.1, 0.15) is 5.75 Å². The second-order valence-electron chi connectivity index (χ2n) is 7.15. The van der Waals surface area contributed by atoms with Gasteiger partial charge in [-0.2, -0.15) is 0 Å². The number of unbranched alkanes of at least 4 members (excludes halogenated alkanes) is 1. The number of benzene rings is 1. The lowest BCUT2D eigenvalue weighted by atomic mass is 9.76. The maximum atomic E-state index is 5.46. The first kappa shape index (κ1) is 15.9. The number of fused-ring (bicyclic) bond motifs is 1.